The Kier molecular flexibility index (Phi) is 5.37. The van der Waals surface area contributed by atoms with E-state index in [2.05, 4.69) is 24.3 Å². The van der Waals surface area contributed by atoms with Gasteiger partial charge in [-0.25, -0.2) is 0 Å². The molecule has 2 atom stereocenters. The molecule has 0 aromatic heterocycles. The summed E-state index contributed by atoms with van der Waals surface area (Å²) in [4.78, 5) is 0. The fraction of sp³-hybridized carbons (Fsp3) is 0.625. The normalized spacial score (nSPS) is 25.5. The Bertz CT molecular complexity index is 366. The van der Waals surface area contributed by atoms with Gasteiger partial charge in [-0.15, -0.1) is 0 Å². The van der Waals surface area contributed by atoms with E-state index >= 15 is 0 Å². The molecule has 0 aliphatic carbocycles. The lowest BCUT2D eigenvalue weighted by molar-refractivity contribution is 0.112. The number of aliphatic hydroxyl groups is 1. The van der Waals surface area contributed by atoms with Crippen LogP contribution in [-0.2, 0) is 15.9 Å². The van der Waals surface area contributed by atoms with Gasteiger partial charge in [0.2, 0.25) is 0 Å². The van der Waals surface area contributed by atoms with E-state index < -0.39 is 0 Å². The number of hydrogen-bond donors (Lipinski definition) is 1. The minimum absolute atomic E-state index is 0.0846. The number of rotatable bonds is 9. The molecule has 0 unspecified atom stereocenters. The molecule has 1 aromatic rings. The van der Waals surface area contributed by atoms with Crippen molar-refractivity contribution < 1.29 is 14.6 Å². The van der Waals surface area contributed by atoms with Crippen molar-refractivity contribution in [3.63, 3.8) is 0 Å². The summed E-state index contributed by atoms with van der Waals surface area (Å²) < 4.78 is 11.2. The summed E-state index contributed by atoms with van der Waals surface area (Å²) in [7, 11) is 1.73. The number of unbranched alkanes of at least 4 members (excludes halogenated alkanes) is 1. The molecule has 1 aromatic carbocycles. The van der Waals surface area contributed by atoms with Crippen LogP contribution in [0.1, 0.15) is 31.2 Å². The molecule has 0 amide bonds. The predicted molar refractivity (Wildman–Crippen MR) is 75.2 cm³/mol. The molecule has 1 aliphatic heterocycles. The molecule has 1 N–H and O–H groups in total. The maximum absolute atomic E-state index is 8.86. The Balaban J connectivity index is 1.78. The molecule has 0 spiro atoms. The fourth-order valence-corrected chi connectivity index (χ4v) is 2.71. The Morgan fingerprint density at radius 1 is 1.26 bits per heavy atom. The quantitative estimate of drug-likeness (QED) is 0.550. The molecule has 0 saturated carbocycles. The van der Waals surface area contributed by atoms with Gasteiger partial charge in [0.05, 0.1) is 12.7 Å². The van der Waals surface area contributed by atoms with Crippen LogP contribution in [-0.4, -0.2) is 37.1 Å². The van der Waals surface area contributed by atoms with Gasteiger partial charge in [0.15, 0.2) is 0 Å². The zero-order valence-corrected chi connectivity index (χ0v) is 11.7. The van der Waals surface area contributed by atoms with E-state index in [1.165, 1.54) is 5.56 Å². The van der Waals surface area contributed by atoms with Crippen molar-refractivity contribution in [2.75, 3.05) is 20.3 Å². The smallest absolute Gasteiger partial charge is 0.118 e. The second-order valence-corrected chi connectivity index (χ2v) is 5.31. The van der Waals surface area contributed by atoms with Crippen LogP contribution in [0.4, 0.5) is 0 Å². The van der Waals surface area contributed by atoms with Gasteiger partial charge in [0.1, 0.15) is 5.60 Å². The van der Waals surface area contributed by atoms with Crippen molar-refractivity contribution in [3.05, 3.63) is 35.9 Å². The molecule has 1 fully saturated rings. The van der Waals surface area contributed by atoms with E-state index in [1.54, 1.807) is 7.11 Å². The first kappa shape index (κ1) is 14.5. The topological polar surface area (TPSA) is 42.0 Å². The zero-order valence-electron chi connectivity index (χ0n) is 11.7. The lowest BCUT2D eigenvalue weighted by Crippen LogP contribution is -2.22. The van der Waals surface area contributed by atoms with Crippen LogP contribution in [0.25, 0.3) is 0 Å². The number of methoxy groups -OCH3 is 1. The van der Waals surface area contributed by atoms with Crippen LogP contribution in [0.2, 0.25) is 0 Å². The van der Waals surface area contributed by atoms with Crippen LogP contribution in [0.15, 0.2) is 30.3 Å². The Labute approximate surface area is 115 Å². The highest BCUT2D eigenvalue weighted by Crippen LogP contribution is 2.43. The molecular formula is C16H24O3. The van der Waals surface area contributed by atoms with E-state index in [4.69, 9.17) is 14.6 Å². The van der Waals surface area contributed by atoms with Crippen molar-refractivity contribution in [1.82, 2.24) is 0 Å². The van der Waals surface area contributed by atoms with Crippen LogP contribution in [0.5, 0.6) is 0 Å². The number of benzene rings is 1. The summed E-state index contributed by atoms with van der Waals surface area (Å²) >= 11 is 0. The van der Waals surface area contributed by atoms with Gasteiger partial charge in [-0.05, 0) is 37.7 Å². The first-order valence-corrected chi connectivity index (χ1v) is 7.12. The zero-order chi connectivity index (χ0) is 13.6. The summed E-state index contributed by atoms with van der Waals surface area (Å²) in [5.41, 5.74) is 1.28. The van der Waals surface area contributed by atoms with Gasteiger partial charge in [-0.3, -0.25) is 0 Å². The van der Waals surface area contributed by atoms with Gasteiger partial charge in [-0.1, -0.05) is 30.3 Å². The molecule has 106 valence electrons. The maximum Gasteiger partial charge on any atom is 0.118 e. The van der Waals surface area contributed by atoms with E-state index in [9.17, 15) is 0 Å². The molecule has 0 radical (unpaired) electrons. The molecule has 3 nitrogen and oxygen atoms in total. The molecule has 1 saturated heterocycles. The lowest BCUT2D eigenvalue weighted by atomic mass is 9.95. The molecule has 1 aliphatic rings. The average molecular weight is 264 g/mol. The highest BCUT2D eigenvalue weighted by atomic mass is 16.6. The fourth-order valence-electron chi connectivity index (χ4n) is 2.71. The van der Waals surface area contributed by atoms with Crippen molar-refractivity contribution in [1.29, 1.82) is 0 Å². The minimum Gasteiger partial charge on any atom is -0.396 e. The summed E-state index contributed by atoms with van der Waals surface area (Å²) in [5.74, 6) is 0. The minimum atomic E-state index is -0.0846. The molecule has 3 heteroatoms. The van der Waals surface area contributed by atoms with Gasteiger partial charge in [0.25, 0.3) is 0 Å². The largest absolute Gasteiger partial charge is 0.396 e. The number of aryl methyl sites for hydroxylation is 1. The van der Waals surface area contributed by atoms with E-state index in [1.807, 2.05) is 6.07 Å². The number of ether oxygens (including phenoxy) is 2. The highest BCUT2D eigenvalue weighted by Gasteiger charge is 2.54. The van der Waals surface area contributed by atoms with Crippen molar-refractivity contribution in [3.8, 4) is 0 Å². The van der Waals surface area contributed by atoms with E-state index in [-0.39, 0.29) is 12.2 Å². The van der Waals surface area contributed by atoms with Gasteiger partial charge in [0, 0.05) is 13.7 Å². The third-order valence-electron chi connectivity index (χ3n) is 3.84. The number of hydrogen-bond acceptors (Lipinski definition) is 3. The first-order chi connectivity index (χ1) is 9.30. The Morgan fingerprint density at radius 3 is 2.74 bits per heavy atom. The second-order valence-electron chi connectivity index (χ2n) is 5.31. The molecule has 1 heterocycles. The summed E-state index contributed by atoms with van der Waals surface area (Å²) in [6, 6.07) is 10.5. The van der Waals surface area contributed by atoms with Crippen molar-refractivity contribution >= 4 is 0 Å². The Morgan fingerprint density at radius 2 is 2.05 bits per heavy atom. The van der Waals surface area contributed by atoms with Crippen LogP contribution < -0.4 is 0 Å². The maximum atomic E-state index is 8.86. The average Bonchev–Trinajstić information content (AvgIpc) is 3.12. The summed E-state index contributed by atoms with van der Waals surface area (Å²) in [6.45, 7) is 0.926. The Hall–Kier alpha value is -0.900. The third kappa shape index (κ3) is 4.03. The van der Waals surface area contributed by atoms with Gasteiger partial charge in [-0.2, -0.15) is 0 Å². The summed E-state index contributed by atoms with van der Waals surface area (Å²) in [5, 5.41) is 8.86. The van der Waals surface area contributed by atoms with E-state index in [0.29, 0.717) is 12.7 Å². The SMILES string of the molecule is COC[C@]1(CCCCO)O[C@@H]1CCc1ccccc1. The molecule has 0 bridgehead atoms. The van der Waals surface area contributed by atoms with Gasteiger partial charge < -0.3 is 14.6 Å². The van der Waals surface area contributed by atoms with Gasteiger partial charge >= 0.3 is 0 Å². The predicted octanol–water partition coefficient (Wildman–Crippen LogP) is 2.57. The first-order valence-electron chi connectivity index (χ1n) is 7.12. The van der Waals surface area contributed by atoms with Crippen molar-refractivity contribution in [2.24, 2.45) is 0 Å². The van der Waals surface area contributed by atoms with Crippen LogP contribution in [0, 0.1) is 0 Å². The summed E-state index contributed by atoms with van der Waals surface area (Å²) in [6.07, 6.45) is 5.25. The molecular weight excluding hydrogens is 240 g/mol. The highest BCUT2D eigenvalue weighted by molar-refractivity contribution is 5.16. The molecule has 19 heavy (non-hydrogen) atoms. The standard InChI is InChI=1S/C16H24O3/c1-18-13-16(11-5-6-12-17)15(19-16)10-9-14-7-3-2-4-8-14/h2-4,7-8,15,17H,5-6,9-13H2,1H3/t15-,16+/m1/s1. The number of epoxide rings is 1. The number of aliphatic hydroxyl groups excluding tert-OH is 1. The third-order valence-corrected chi connectivity index (χ3v) is 3.84. The monoisotopic (exact) mass is 264 g/mol. The van der Waals surface area contributed by atoms with Crippen LogP contribution in [0.3, 0.4) is 0 Å². The lowest BCUT2D eigenvalue weighted by Gasteiger charge is -2.11. The van der Waals surface area contributed by atoms with Crippen molar-refractivity contribution in [2.45, 2.75) is 43.8 Å². The molecule has 2 rings (SSSR count). The second kappa shape index (κ2) is 7.04. The van der Waals surface area contributed by atoms with E-state index in [0.717, 1.165) is 32.1 Å². The van der Waals surface area contributed by atoms with Crippen LogP contribution >= 0.6 is 0 Å².